The second-order valence-electron chi connectivity index (χ2n) is 3.92. The minimum Gasteiger partial charge on any atom is -0.334 e. The molecule has 1 N–H and O–H groups in total. The van der Waals surface area contributed by atoms with Crippen molar-refractivity contribution >= 4 is 15.7 Å². The van der Waals surface area contributed by atoms with E-state index in [9.17, 15) is 8.42 Å². The average molecular weight is 265 g/mol. The first-order valence-corrected chi connectivity index (χ1v) is 7.07. The average Bonchev–Trinajstić information content (AvgIpc) is 2.86. The predicted molar refractivity (Wildman–Crippen MR) is 70.0 cm³/mol. The molecule has 18 heavy (non-hydrogen) atoms. The molecule has 96 valence electrons. The number of rotatable bonds is 4. The molecule has 0 aliphatic heterocycles. The Bertz CT molecular complexity index is 603. The van der Waals surface area contributed by atoms with Crippen LogP contribution in [-0.4, -0.2) is 24.9 Å². The van der Waals surface area contributed by atoms with Crippen LogP contribution in [0.5, 0.6) is 0 Å². The van der Waals surface area contributed by atoms with E-state index in [-0.39, 0.29) is 5.03 Å². The van der Waals surface area contributed by atoms with Gasteiger partial charge >= 0.3 is 0 Å². The highest BCUT2D eigenvalue weighted by Crippen LogP contribution is 2.22. The maximum atomic E-state index is 12.4. The molecule has 0 atom stereocenters. The zero-order valence-corrected chi connectivity index (χ0v) is 11.1. The number of hydrogen-bond donors (Lipinski definition) is 1. The van der Waals surface area contributed by atoms with Crippen LogP contribution in [0.4, 0.5) is 5.69 Å². The second-order valence-corrected chi connectivity index (χ2v) is 5.75. The molecule has 0 fully saturated rings. The van der Waals surface area contributed by atoms with E-state index in [1.807, 2.05) is 19.1 Å². The van der Waals surface area contributed by atoms with Crippen molar-refractivity contribution in [3.63, 3.8) is 0 Å². The third-order valence-corrected chi connectivity index (χ3v) is 4.48. The summed E-state index contributed by atoms with van der Waals surface area (Å²) in [5, 5.41) is 0.102. The van der Waals surface area contributed by atoms with E-state index in [0.717, 1.165) is 5.56 Å². The molecule has 0 radical (unpaired) electrons. The van der Waals surface area contributed by atoms with Crippen molar-refractivity contribution < 1.29 is 8.42 Å². The molecule has 0 aliphatic rings. The number of nitrogens with zero attached hydrogens (tertiary/aromatic N) is 2. The topological polar surface area (TPSA) is 66.1 Å². The van der Waals surface area contributed by atoms with E-state index >= 15 is 0 Å². The Morgan fingerprint density at radius 3 is 2.44 bits per heavy atom. The molecule has 2 aromatic rings. The van der Waals surface area contributed by atoms with E-state index in [2.05, 4.69) is 9.97 Å². The van der Waals surface area contributed by atoms with Crippen LogP contribution in [0.25, 0.3) is 0 Å². The van der Waals surface area contributed by atoms with Gasteiger partial charge in [0.15, 0.2) is 5.03 Å². The molecule has 6 heteroatoms. The molecule has 0 aliphatic carbocycles. The number of anilines is 1. The van der Waals surface area contributed by atoms with Crippen LogP contribution in [0, 0.1) is 6.92 Å². The fourth-order valence-corrected chi connectivity index (χ4v) is 3.08. The Morgan fingerprint density at radius 2 is 1.94 bits per heavy atom. The van der Waals surface area contributed by atoms with Gasteiger partial charge in [-0.05, 0) is 26.0 Å². The first kappa shape index (κ1) is 12.6. The van der Waals surface area contributed by atoms with Gasteiger partial charge in [0.2, 0.25) is 0 Å². The van der Waals surface area contributed by atoms with Crippen molar-refractivity contribution in [2.24, 2.45) is 0 Å². The first-order valence-electron chi connectivity index (χ1n) is 5.63. The largest absolute Gasteiger partial charge is 0.334 e. The van der Waals surface area contributed by atoms with Crippen LogP contribution < -0.4 is 4.31 Å². The summed E-state index contributed by atoms with van der Waals surface area (Å²) in [7, 11) is -3.56. The molecule has 5 nitrogen and oxygen atoms in total. The van der Waals surface area contributed by atoms with Crippen LogP contribution >= 0.6 is 0 Å². The van der Waals surface area contributed by atoms with Gasteiger partial charge in [-0.1, -0.05) is 17.7 Å². The normalized spacial score (nSPS) is 11.4. The lowest BCUT2D eigenvalue weighted by Gasteiger charge is -2.21. The molecule has 0 spiro atoms. The molecule has 0 unspecified atom stereocenters. The molecular formula is C12H15N3O2S. The molecule has 1 heterocycles. The number of H-pyrrole nitrogens is 1. The lowest BCUT2D eigenvalue weighted by atomic mass is 10.2. The molecule has 0 saturated heterocycles. The number of aromatic amines is 1. The molecule has 0 bridgehead atoms. The smallest absolute Gasteiger partial charge is 0.281 e. The van der Waals surface area contributed by atoms with Gasteiger partial charge in [0.1, 0.15) is 0 Å². The Labute approximate surface area is 107 Å². The Hall–Kier alpha value is -1.82. The zero-order valence-electron chi connectivity index (χ0n) is 10.3. The highest BCUT2D eigenvalue weighted by atomic mass is 32.2. The predicted octanol–water partition coefficient (Wildman–Crippen LogP) is 1.93. The minimum atomic E-state index is -3.56. The third kappa shape index (κ3) is 2.24. The van der Waals surface area contributed by atoms with E-state index in [1.165, 1.54) is 16.8 Å². The van der Waals surface area contributed by atoms with Gasteiger partial charge in [-0.15, -0.1) is 0 Å². The Balaban J connectivity index is 2.43. The van der Waals surface area contributed by atoms with E-state index in [1.54, 1.807) is 19.1 Å². The molecular weight excluding hydrogens is 250 g/mol. The molecule has 1 aromatic heterocycles. The van der Waals surface area contributed by atoms with Gasteiger partial charge in [0.05, 0.1) is 18.2 Å². The highest BCUT2D eigenvalue weighted by molar-refractivity contribution is 7.92. The van der Waals surface area contributed by atoms with Gasteiger partial charge in [-0.3, -0.25) is 4.31 Å². The van der Waals surface area contributed by atoms with Gasteiger partial charge < -0.3 is 4.98 Å². The summed E-state index contributed by atoms with van der Waals surface area (Å²) in [6.45, 7) is 4.13. The quantitative estimate of drug-likeness (QED) is 0.918. The van der Waals surface area contributed by atoms with E-state index in [4.69, 9.17) is 0 Å². The van der Waals surface area contributed by atoms with Gasteiger partial charge in [0.25, 0.3) is 10.0 Å². The summed E-state index contributed by atoms with van der Waals surface area (Å²) in [5.41, 5.74) is 1.74. The monoisotopic (exact) mass is 265 g/mol. The van der Waals surface area contributed by atoms with Crippen molar-refractivity contribution in [3.05, 3.63) is 42.4 Å². The van der Waals surface area contributed by atoms with Crippen molar-refractivity contribution in [3.8, 4) is 0 Å². The number of aromatic nitrogens is 2. The summed E-state index contributed by atoms with van der Waals surface area (Å²) >= 11 is 0. The van der Waals surface area contributed by atoms with Gasteiger partial charge in [-0.25, -0.2) is 4.98 Å². The highest BCUT2D eigenvalue weighted by Gasteiger charge is 2.24. The van der Waals surface area contributed by atoms with Crippen LogP contribution in [0.15, 0.2) is 41.8 Å². The summed E-state index contributed by atoms with van der Waals surface area (Å²) in [5.74, 6) is 0. The molecule has 2 rings (SSSR count). The number of benzene rings is 1. The van der Waals surface area contributed by atoms with Crippen molar-refractivity contribution in [1.29, 1.82) is 0 Å². The second kappa shape index (κ2) is 4.81. The fourth-order valence-electron chi connectivity index (χ4n) is 1.71. The van der Waals surface area contributed by atoms with Crippen molar-refractivity contribution in [2.45, 2.75) is 18.9 Å². The number of hydrogen-bond acceptors (Lipinski definition) is 3. The number of imidazole rings is 1. The summed E-state index contributed by atoms with van der Waals surface area (Å²) in [4.78, 5) is 6.38. The summed E-state index contributed by atoms with van der Waals surface area (Å²) in [6.07, 6.45) is 2.67. The maximum Gasteiger partial charge on any atom is 0.281 e. The standard InChI is InChI=1S/C12H15N3O2S/c1-3-15(11-6-4-10(2)5-7-11)18(16,17)12-8-13-9-14-12/h4-9H,3H2,1-2H3,(H,13,14). The number of nitrogens with one attached hydrogen (secondary N) is 1. The fraction of sp³-hybridized carbons (Fsp3) is 0.250. The van der Waals surface area contributed by atoms with E-state index < -0.39 is 10.0 Å². The molecule has 0 saturated carbocycles. The lowest BCUT2D eigenvalue weighted by molar-refractivity contribution is 0.589. The minimum absolute atomic E-state index is 0.102. The SMILES string of the molecule is CCN(c1ccc(C)cc1)S(=O)(=O)c1cnc[nH]1. The van der Waals surface area contributed by atoms with Crippen molar-refractivity contribution in [2.75, 3.05) is 10.8 Å². The summed E-state index contributed by atoms with van der Waals surface area (Å²) in [6, 6.07) is 7.38. The number of sulfonamides is 1. The molecule has 1 aromatic carbocycles. The van der Waals surface area contributed by atoms with Gasteiger partial charge in [0, 0.05) is 6.54 Å². The number of aryl methyl sites for hydroxylation is 1. The van der Waals surface area contributed by atoms with Crippen LogP contribution in [0.1, 0.15) is 12.5 Å². The van der Waals surface area contributed by atoms with Crippen LogP contribution in [-0.2, 0) is 10.0 Å². The van der Waals surface area contributed by atoms with Crippen LogP contribution in [0.2, 0.25) is 0 Å². The van der Waals surface area contributed by atoms with Gasteiger partial charge in [-0.2, -0.15) is 8.42 Å². The van der Waals surface area contributed by atoms with E-state index in [0.29, 0.717) is 12.2 Å². The summed E-state index contributed by atoms with van der Waals surface area (Å²) < 4.78 is 26.1. The van der Waals surface area contributed by atoms with Crippen molar-refractivity contribution in [1.82, 2.24) is 9.97 Å². The third-order valence-electron chi connectivity index (χ3n) is 2.65. The lowest BCUT2D eigenvalue weighted by Crippen LogP contribution is -2.30. The van der Waals surface area contributed by atoms with Crippen LogP contribution in [0.3, 0.4) is 0 Å². The molecule has 0 amide bonds. The maximum absolute atomic E-state index is 12.4. The Morgan fingerprint density at radius 1 is 1.28 bits per heavy atom. The zero-order chi connectivity index (χ0) is 13.2. The Kier molecular flexibility index (Phi) is 3.38. The first-order chi connectivity index (χ1) is 8.55.